The highest BCUT2D eigenvalue weighted by atomic mass is 19.3. The van der Waals surface area contributed by atoms with E-state index in [-0.39, 0.29) is 18.2 Å². The highest BCUT2D eigenvalue weighted by molar-refractivity contribution is 5.76. The lowest BCUT2D eigenvalue weighted by atomic mass is 9.94. The summed E-state index contributed by atoms with van der Waals surface area (Å²) in [5.74, 6) is 0.204. The third-order valence-corrected chi connectivity index (χ3v) is 2.07. The number of amides is 1. The highest BCUT2D eigenvalue weighted by Crippen LogP contribution is 2.13. The minimum atomic E-state index is -2.49. The van der Waals surface area contributed by atoms with Crippen LogP contribution in [0, 0.1) is 11.8 Å². The minimum absolute atomic E-state index is 0.0858. The van der Waals surface area contributed by atoms with Gasteiger partial charge in [0, 0.05) is 6.42 Å². The van der Waals surface area contributed by atoms with Gasteiger partial charge in [-0.05, 0) is 24.8 Å². The molecule has 5 heteroatoms. The molecule has 0 fully saturated rings. The van der Waals surface area contributed by atoms with E-state index in [0.29, 0.717) is 12.5 Å². The predicted molar refractivity (Wildman–Crippen MR) is 55.6 cm³/mol. The molecule has 1 unspecified atom stereocenters. The quantitative estimate of drug-likeness (QED) is 0.683. The van der Waals surface area contributed by atoms with E-state index < -0.39 is 13.0 Å². The minimum Gasteiger partial charge on any atom is -0.350 e. The second kappa shape index (κ2) is 7.56. The summed E-state index contributed by atoms with van der Waals surface area (Å²) in [5, 5.41) is 2.18. The highest BCUT2D eigenvalue weighted by Gasteiger charge is 2.14. The third kappa shape index (κ3) is 8.30. The number of hydrogen-bond donors (Lipinski definition) is 2. The molecule has 0 saturated carbocycles. The molecule has 3 N–H and O–H groups in total. The van der Waals surface area contributed by atoms with Crippen molar-refractivity contribution in [3.05, 3.63) is 0 Å². The molecule has 0 bridgehead atoms. The van der Waals surface area contributed by atoms with Crippen molar-refractivity contribution >= 4 is 5.91 Å². The van der Waals surface area contributed by atoms with Crippen molar-refractivity contribution in [2.24, 2.45) is 17.6 Å². The summed E-state index contributed by atoms with van der Waals surface area (Å²) >= 11 is 0. The van der Waals surface area contributed by atoms with Gasteiger partial charge in [-0.15, -0.1) is 0 Å². The van der Waals surface area contributed by atoms with Gasteiger partial charge in [0.2, 0.25) is 5.91 Å². The van der Waals surface area contributed by atoms with Crippen LogP contribution in [-0.2, 0) is 4.79 Å². The number of halogens is 2. The molecule has 0 aliphatic rings. The van der Waals surface area contributed by atoms with Gasteiger partial charge in [-0.1, -0.05) is 13.8 Å². The van der Waals surface area contributed by atoms with Crippen LogP contribution in [-0.4, -0.2) is 25.4 Å². The fourth-order valence-corrected chi connectivity index (χ4v) is 1.45. The fraction of sp³-hybridized carbons (Fsp3) is 0.900. The average Bonchev–Trinajstić information content (AvgIpc) is 2.13. The molecule has 0 spiro atoms. The monoisotopic (exact) mass is 222 g/mol. The molecule has 90 valence electrons. The van der Waals surface area contributed by atoms with Crippen molar-refractivity contribution in [3.8, 4) is 0 Å². The molecule has 0 radical (unpaired) electrons. The Morgan fingerprint density at radius 3 is 2.40 bits per heavy atom. The summed E-state index contributed by atoms with van der Waals surface area (Å²) in [6, 6.07) is 0. The first-order valence-corrected chi connectivity index (χ1v) is 5.20. The normalized spacial score (nSPS) is 13.3. The van der Waals surface area contributed by atoms with Crippen LogP contribution in [0.2, 0.25) is 0 Å². The number of nitrogens with two attached hydrogens (primary N) is 1. The molecule has 0 saturated heterocycles. The van der Waals surface area contributed by atoms with Gasteiger partial charge in [0.15, 0.2) is 0 Å². The summed E-state index contributed by atoms with van der Waals surface area (Å²) in [6.07, 6.45) is -1.41. The van der Waals surface area contributed by atoms with Crippen molar-refractivity contribution < 1.29 is 13.6 Å². The summed E-state index contributed by atoms with van der Waals surface area (Å²) < 4.78 is 23.6. The standard InChI is InChI=1S/C10H20F2N2O/c1-7(2)3-8(5-13)4-10(15)14-6-9(11)12/h7-9H,3-6,13H2,1-2H3,(H,14,15). The molecule has 0 aliphatic carbocycles. The molecular formula is C10H20F2N2O. The first-order chi connectivity index (χ1) is 6.95. The van der Waals surface area contributed by atoms with Gasteiger partial charge >= 0.3 is 0 Å². The zero-order valence-corrected chi connectivity index (χ0v) is 9.30. The zero-order chi connectivity index (χ0) is 11.8. The van der Waals surface area contributed by atoms with Crippen molar-refractivity contribution in [2.75, 3.05) is 13.1 Å². The summed E-state index contributed by atoms with van der Waals surface area (Å²) in [5.41, 5.74) is 5.50. The SMILES string of the molecule is CC(C)CC(CN)CC(=O)NCC(F)F. The van der Waals surface area contributed by atoms with Gasteiger partial charge < -0.3 is 11.1 Å². The number of hydrogen-bond acceptors (Lipinski definition) is 2. The van der Waals surface area contributed by atoms with E-state index >= 15 is 0 Å². The van der Waals surface area contributed by atoms with Crippen molar-refractivity contribution in [3.63, 3.8) is 0 Å². The first kappa shape index (κ1) is 14.3. The Morgan fingerprint density at radius 1 is 1.40 bits per heavy atom. The summed E-state index contributed by atoms with van der Waals surface area (Å²) in [6.45, 7) is 3.93. The molecule has 0 aromatic heterocycles. The molecule has 0 heterocycles. The maximum Gasteiger partial charge on any atom is 0.255 e. The number of rotatable bonds is 7. The van der Waals surface area contributed by atoms with Crippen LogP contribution >= 0.6 is 0 Å². The second-order valence-corrected chi connectivity index (χ2v) is 4.13. The van der Waals surface area contributed by atoms with Gasteiger partial charge in [-0.25, -0.2) is 8.78 Å². The van der Waals surface area contributed by atoms with Crippen LogP contribution in [0.25, 0.3) is 0 Å². The van der Waals surface area contributed by atoms with Gasteiger partial charge in [0.05, 0.1) is 6.54 Å². The molecule has 3 nitrogen and oxygen atoms in total. The van der Waals surface area contributed by atoms with Gasteiger partial charge in [0.1, 0.15) is 0 Å². The van der Waals surface area contributed by atoms with Gasteiger partial charge in [-0.3, -0.25) is 4.79 Å². The Balaban J connectivity index is 3.80. The topological polar surface area (TPSA) is 55.1 Å². The Kier molecular flexibility index (Phi) is 7.21. The van der Waals surface area contributed by atoms with E-state index in [9.17, 15) is 13.6 Å². The predicted octanol–water partition coefficient (Wildman–Crippen LogP) is 1.38. The van der Waals surface area contributed by atoms with Crippen LogP contribution in [0.15, 0.2) is 0 Å². The lowest BCUT2D eigenvalue weighted by Crippen LogP contribution is -2.32. The molecular weight excluding hydrogens is 202 g/mol. The van der Waals surface area contributed by atoms with E-state index in [2.05, 4.69) is 5.32 Å². The van der Waals surface area contributed by atoms with Crippen molar-refractivity contribution in [1.82, 2.24) is 5.32 Å². The Labute approximate surface area is 89.4 Å². The smallest absolute Gasteiger partial charge is 0.255 e. The lowest BCUT2D eigenvalue weighted by Gasteiger charge is -2.16. The molecule has 0 aromatic rings. The van der Waals surface area contributed by atoms with E-state index in [0.717, 1.165) is 6.42 Å². The lowest BCUT2D eigenvalue weighted by molar-refractivity contribution is -0.122. The van der Waals surface area contributed by atoms with E-state index in [1.54, 1.807) is 0 Å². The van der Waals surface area contributed by atoms with Crippen molar-refractivity contribution in [2.45, 2.75) is 33.1 Å². The van der Waals surface area contributed by atoms with Crippen LogP contribution in [0.3, 0.4) is 0 Å². The molecule has 15 heavy (non-hydrogen) atoms. The summed E-state index contributed by atoms with van der Waals surface area (Å²) in [4.78, 5) is 11.2. The number of carbonyl (C=O) groups excluding carboxylic acids is 1. The summed E-state index contributed by atoms with van der Waals surface area (Å²) in [7, 11) is 0. The Morgan fingerprint density at radius 2 is 2.00 bits per heavy atom. The largest absolute Gasteiger partial charge is 0.350 e. The number of alkyl halides is 2. The molecule has 0 aliphatic heterocycles. The fourth-order valence-electron chi connectivity index (χ4n) is 1.45. The number of nitrogens with one attached hydrogen (secondary N) is 1. The van der Waals surface area contributed by atoms with E-state index in [1.165, 1.54) is 0 Å². The van der Waals surface area contributed by atoms with Crippen LogP contribution < -0.4 is 11.1 Å². The maximum atomic E-state index is 11.8. The van der Waals surface area contributed by atoms with Crippen LogP contribution in [0.1, 0.15) is 26.7 Å². The Hall–Kier alpha value is -0.710. The number of carbonyl (C=O) groups is 1. The third-order valence-electron chi connectivity index (χ3n) is 2.07. The first-order valence-electron chi connectivity index (χ1n) is 5.20. The molecule has 1 atom stereocenters. The van der Waals surface area contributed by atoms with Crippen molar-refractivity contribution in [1.29, 1.82) is 0 Å². The van der Waals surface area contributed by atoms with E-state index in [1.807, 2.05) is 13.8 Å². The Bertz CT molecular complexity index is 186. The zero-order valence-electron chi connectivity index (χ0n) is 9.30. The molecule has 0 rings (SSSR count). The van der Waals surface area contributed by atoms with Crippen LogP contribution in [0.4, 0.5) is 8.78 Å². The molecule has 0 aromatic carbocycles. The van der Waals surface area contributed by atoms with E-state index in [4.69, 9.17) is 5.73 Å². The van der Waals surface area contributed by atoms with Crippen LogP contribution in [0.5, 0.6) is 0 Å². The van der Waals surface area contributed by atoms with Gasteiger partial charge in [0.25, 0.3) is 6.43 Å². The molecule has 1 amide bonds. The maximum absolute atomic E-state index is 11.8. The second-order valence-electron chi connectivity index (χ2n) is 4.13. The average molecular weight is 222 g/mol. The van der Waals surface area contributed by atoms with Gasteiger partial charge in [-0.2, -0.15) is 0 Å².